The van der Waals surface area contributed by atoms with Crippen molar-refractivity contribution in [2.45, 2.75) is 57.5 Å². The molecule has 3 aliphatic carbocycles. The predicted octanol–water partition coefficient (Wildman–Crippen LogP) is 2.16. The number of hydrogen-bond acceptors (Lipinski definition) is 3. The molecule has 2 bridgehead atoms. The molecule has 0 aliphatic heterocycles. The number of nitrogens with two attached hydrogens (primary N) is 1. The van der Waals surface area contributed by atoms with E-state index in [4.69, 9.17) is 18.0 Å². The summed E-state index contributed by atoms with van der Waals surface area (Å²) in [6.45, 7) is 2.30. The molecule has 0 radical (unpaired) electrons. The fourth-order valence-electron chi connectivity index (χ4n) is 5.05. The molecule has 4 nitrogen and oxygen atoms in total. The third kappa shape index (κ3) is 2.15. The van der Waals surface area contributed by atoms with E-state index in [2.05, 4.69) is 17.5 Å². The monoisotopic (exact) mass is 295 g/mol. The van der Waals surface area contributed by atoms with E-state index >= 15 is 0 Å². The van der Waals surface area contributed by atoms with Gasteiger partial charge in [0.2, 0.25) is 0 Å². The van der Waals surface area contributed by atoms with E-state index < -0.39 is 5.60 Å². The molecule has 3 fully saturated rings. The minimum Gasteiger partial charge on any atom is -0.389 e. The van der Waals surface area contributed by atoms with Gasteiger partial charge in [0.25, 0.3) is 0 Å². The van der Waals surface area contributed by atoms with Crippen LogP contribution in [-0.2, 0) is 0 Å². The molecule has 5 heteroatoms. The van der Waals surface area contributed by atoms with Crippen molar-refractivity contribution in [1.82, 2.24) is 5.43 Å². The number of fused-ring (bicyclic) bond motifs is 4. The van der Waals surface area contributed by atoms with E-state index in [1.165, 1.54) is 25.7 Å². The zero-order valence-corrected chi connectivity index (χ0v) is 13.0. The van der Waals surface area contributed by atoms with Crippen LogP contribution in [0.2, 0.25) is 0 Å². The van der Waals surface area contributed by atoms with Gasteiger partial charge >= 0.3 is 0 Å². The number of aliphatic hydroxyl groups is 1. The van der Waals surface area contributed by atoms with E-state index in [1.807, 2.05) is 0 Å². The van der Waals surface area contributed by atoms with Crippen LogP contribution in [0.5, 0.6) is 0 Å². The SMILES string of the molecule is C[C@@H]1[C@H]2CCCC[C@]2(O)[C@H]2CCC[C@H]1/C2=N/NC(N)=S. The standard InChI is InChI=1S/C15H25N3OS/c1-9-10-5-4-7-12(13(10)17-18-14(16)20)15(19)8-3-2-6-11(9)15/h9-12,19H,2-8H2,1H3,(H3,16,18,20)/b17-13-/t9-,10+,11+,12-,15+/m0/s1. The normalized spacial score (nSPS) is 45.8. The van der Waals surface area contributed by atoms with Gasteiger partial charge in [-0.05, 0) is 49.7 Å². The van der Waals surface area contributed by atoms with Crippen LogP contribution in [0, 0.1) is 23.7 Å². The second-order valence-corrected chi connectivity index (χ2v) is 7.25. The highest BCUT2D eigenvalue weighted by atomic mass is 32.1. The van der Waals surface area contributed by atoms with Crippen molar-refractivity contribution in [3.05, 3.63) is 0 Å². The number of rotatable bonds is 1. The third-order valence-corrected chi connectivity index (χ3v) is 5.99. The minimum absolute atomic E-state index is 0.199. The van der Waals surface area contributed by atoms with Crippen LogP contribution in [-0.4, -0.2) is 21.5 Å². The molecule has 0 unspecified atom stereocenters. The molecule has 0 aromatic rings. The molecule has 3 saturated carbocycles. The van der Waals surface area contributed by atoms with Gasteiger partial charge in [0.1, 0.15) is 0 Å². The first-order valence-corrected chi connectivity index (χ1v) is 8.30. The summed E-state index contributed by atoms with van der Waals surface area (Å²) in [6.07, 6.45) is 7.91. The van der Waals surface area contributed by atoms with Crippen LogP contribution in [0.3, 0.4) is 0 Å². The fraction of sp³-hybridized carbons (Fsp3) is 0.867. The topological polar surface area (TPSA) is 70.6 Å². The Morgan fingerprint density at radius 1 is 1.35 bits per heavy atom. The molecule has 0 aromatic heterocycles. The molecule has 4 N–H and O–H groups in total. The summed E-state index contributed by atoms with van der Waals surface area (Å²) in [4.78, 5) is 0. The van der Waals surface area contributed by atoms with E-state index in [0.717, 1.165) is 25.0 Å². The lowest BCUT2D eigenvalue weighted by atomic mass is 9.51. The molecular formula is C15H25N3OS. The average molecular weight is 295 g/mol. The van der Waals surface area contributed by atoms with Crippen molar-refractivity contribution < 1.29 is 5.11 Å². The first-order chi connectivity index (χ1) is 9.54. The molecule has 112 valence electrons. The largest absolute Gasteiger partial charge is 0.389 e. The predicted molar refractivity (Wildman–Crippen MR) is 84.3 cm³/mol. The second-order valence-electron chi connectivity index (χ2n) is 6.81. The Bertz CT molecular complexity index is 439. The van der Waals surface area contributed by atoms with Crippen molar-refractivity contribution >= 4 is 23.0 Å². The first kappa shape index (κ1) is 14.3. The van der Waals surface area contributed by atoms with E-state index in [-0.39, 0.29) is 11.0 Å². The number of hydrogen-bond donors (Lipinski definition) is 3. The summed E-state index contributed by atoms with van der Waals surface area (Å²) in [5, 5.41) is 16.0. The number of nitrogens with one attached hydrogen (secondary N) is 1. The highest BCUT2D eigenvalue weighted by Crippen LogP contribution is 2.55. The maximum absolute atomic E-state index is 11.3. The Morgan fingerprint density at radius 2 is 2.15 bits per heavy atom. The Kier molecular flexibility index (Phi) is 3.75. The fourth-order valence-corrected chi connectivity index (χ4v) is 5.10. The minimum atomic E-state index is -0.550. The van der Waals surface area contributed by atoms with Gasteiger partial charge in [-0.15, -0.1) is 0 Å². The first-order valence-electron chi connectivity index (χ1n) is 7.89. The van der Waals surface area contributed by atoms with Crippen LogP contribution < -0.4 is 11.2 Å². The number of nitrogens with zero attached hydrogens (tertiary/aromatic N) is 1. The number of hydrazone groups is 1. The lowest BCUT2D eigenvalue weighted by Crippen LogP contribution is -2.61. The van der Waals surface area contributed by atoms with Crippen LogP contribution in [0.25, 0.3) is 0 Å². The van der Waals surface area contributed by atoms with Crippen LogP contribution in [0.1, 0.15) is 51.9 Å². The Morgan fingerprint density at radius 3 is 2.90 bits per heavy atom. The average Bonchev–Trinajstić information content (AvgIpc) is 2.43. The zero-order valence-electron chi connectivity index (χ0n) is 12.1. The molecule has 0 saturated heterocycles. The quantitative estimate of drug-likeness (QED) is 0.512. The van der Waals surface area contributed by atoms with Crippen molar-refractivity contribution in [1.29, 1.82) is 0 Å². The van der Waals surface area contributed by atoms with Gasteiger partial charge in [-0.2, -0.15) is 5.10 Å². The maximum Gasteiger partial charge on any atom is 0.184 e. The zero-order chi connectivity index (χ0) is 14.3. The van der Waals surface area contributed by atoms with E-state index in [1.54, 1.807) is 0 Å². The summed E-state index contributed by atoms with van der Waals surface area (Å²) in [6, 6.07) is 0. The van der Waals surface area contributed by atoms with E-state index in [0.29, 0.717) is 17.8 Å². The molecule has 0 aromatic carbocycles. The van der Waals surface area contributed by atoms with Gasteiger partial charge in [0.05, 0.1) is 5.60 Å². The maximum atomic E-state index is 11.3. The summed E-state index contributed by atoms with van der Waals surface area (Å²) in [7, 11) is 0. The van der Waals surface area contributed by atoms with Crippen LogP contribution in [0.15, 0.2) is 5.10 Å². The summed E-state index contributed by atoms with van der Waals surface area (Å²) < 4.78 is 0. The molecule has 0 spiro atoms. The highest BCUT2D eigenvalue weighted by Gasteiger charge is 2.57. The van der Waals surface area contributed by atoms with Gasteiger partial charge in [-0.3, -0.25) is 5.43 Å². The van der Waals surface area contributed by atoms with Gasteiger partial charge < -0.3 is 10.8 Å². The third-order valence-electron chi connectivity index (χ3n) is 5.90. The van der Waals surface area contributed by atoms with Crippen molar-refractivity contribution in [2.75, 3.05) is 0 Å². The van der Waals surface area contributed by atoms with Gasteiger partial charge in [-0.25, -0.2) is 0 Å². The Hall–Kier alpha value is -0.680. The van der Waals surface area contributed by atoms with Gasteiger partial charge in [-0.1, -0.05) is 26.2 Å². The van der Waals surface area contributed by atoms with Crippen LogP contribution in [0.4, 0.5) is 0 Å². The van der Waals surface area contributed by atoms with Gasteiger partial charge in [0.15, 0.2) is 5.11 Å². The molecule has 0 amide bonds. The molecule has 0 heterocycles. The Labute approximate surface area is 126 Å². The van der Waals surface area contributed by atoms with E-state index in [9.17, 15) is 5.11 Å². The molecule has 3 rings (SSSR count). The van der Waals surface area contributed by atoms with Gasteiger partial charge in [0, 0.05) is 17.5 Å². The molecular weight excluding hydrogens is 270 g/mol. The second kappa shape index (κ2) is 5.26. The Balaban J connectivity index is 1.96. The molecule has 3 aliphatic rings. The smallest absolute Gasteiger partial charge is 0.184 e. The lowest BCUT2D eigenvalue weighted by molar-refractivity contribution is -0.122. The summed E-state index contributed by atoms with van der Waals surface area (Å²) >= 11 is 4.86. The summed E-state index contributed by atoms with van der Waals surface area (Å²) in [5.41, 5.74) is 8.85. The number of thiocarbonyl (C=S) groups is 1. The lowest BCUT2D eigenvalue weighted by Gasteiger charge is -2.57. The van der Waals surface area contributed by atoms with Crippen molar-refractivity contribution in [2.24, 2.45) is 34.5 Å². The molecule has 5 atom stereocenters. The van der Waals surface area contributed by atoms with Crippen molar-refractivity contribution in [3.8, 4) is 0 Å². The molecule has 20 heavy (non-hydrogen) atoms. The van der Waals surface area contributed by atoms with Crippen LogP contribution >= 0.6 is 12.2 Å². The highest BCUT2D eigenvalue weighted by molar-refractivity contribution is 7.80. The van der Waals surface area contributed by atoms with Crippen molar-refractivity contribution in [3.63, 3.8) is 0 Å². The summed E-state index contributed by atoms with van der Waals surface area (Å²) in [5.74, 6) is 1.63.